The third-order valence-electron chi connectivity index (χ3n) is 1.37. The third-order valence-corrected chi connectivity index (χ3v) is 1.37. The van der Waals surface area contributed by atoms with E-state index in [0.29, 0.717) is 0 Å². The average molecular weight is 177 g/mol. The minimum Gasteiger partial charge on any atom is -0.266 e. The molecule has 4 nitrogen and oxygen atoms in total. The number of aromatic amines is 2. The summed E-state index contributed by atoms with van der Waals surface area (Å²) in [4.78, 5) is 9.92. The van der Waals surface area contributed by atoms with Crippen LogP contribution in [0.15, 0.2) is 41.3 Å². The highest BCUT2D eigenvalue weighted by Crippen LogP contribution is 1.92. The topological polar surface area (TPSA) is 61.5 Å². The summed E-state index contributed by atoms with van der Waals surface area (Å²) < 4.78 is 0. The summed E-state index contributed by atoms with van der Waals surface area (Å²) in [5.74, 6) is 0. The molecule has 0 unspecified atom stereocenters. The van der Waals surface area contributed by atoms with Crippen LogP contribution in [-0.4, -0.2) is 15.4 Å². The summed E-state index contributed by atoms with van der Waals surface area (Å²) in [5.41, 5.74) is 1.12. The molecule has 0 saturated carbocycles. The van der Waals surface area contributed by atoms with Crippen LogP contribution in [0.25, 0.3) is 0 Å². The van der Waals surface area contributed by atoms with Crippen LogP contribution in [0.2, 0.25) is 0 Å². The van der Waals surface area contributed by atoms with E-state index in [1.54, 1.807) is 0 Å². The number of aromatic nitrogens is 3. The van der Waals surface area contributed by atoms with Gasteiger partial charge in [-0.1, -0.05) is 35.9 Å². The quantitative estimate of drug-likeness (QED) is 0.632. The molecule has 0 radical (unpaired) electrons. The normalized spacial score (nSPS) is 8.69. The number of H-pyrrole nitrogens is 2. The molecule has 4 heteroatoms. The summed E-state index contributed by atoms with van der Waals surface area (Å²) in [6.07, 6.45) is 1.17. The summed E-state index contributed by atoms with van der Waals surface area (Å²) in [6, 6.07) is 10.3. The van der Waals surface area contributed by atoms with Crippen molar-refractivity contribution < 1.29 is 0 Å². The molecular formula is C9H11N3O. The van der Waals surface area contributed by atoms with E-state index in [9.17, 15) is 4.79 Å². The average Bonchev–Trinajstić information content (AvgIpc) is 2.58. The van der Waals surface area contributed by atoms with Gasteiger partial charge in [0.1, 0.15) is 6.20 Å². The van der Waals surface area contributed by atoms with Gasteiger partial charge in [0.25, 0.3) is 5.56 Å². The standard InChI is InChI=1S/C7H8.C2H3N3O/c1-7-5-3-2-4-6-7;6-2-1-3-5-4-2/h2-6H,1H3;1H,(H2,3,4,5,6). The van der Waals surface area contributed by atoms with Gasteiger partial charge in [0.15, 0.2) is 0 Å². The summed E-state index contributed by atoms with van der Waals surface area (Å²) in [7, 11) is 0. The van der Waals surface area contributed by atoms with Crippen molar-refractivity contribution in [3.63, 3.8) is 0 Å². The largest absolute Gasteiger partial charge is 0.283 e. The van der Waals surface area contributed by atoms with Gasteiger partial charge >= 0.3 is 0 Å². The molecule has 0 atom stereocenters. The van der Waals surface area contributed by atoms with Crippen molar-refractivity contribution in [3.05, 3.63) is 52.4 Å². The molecule has 0 amide bonds. The predicted molar refractivity (Wildman–Crippen MR) is 50.4 cm³/mol. The van der Waals surface area contributed by atoms with Crippen LogP contribution in [0.3, 0.4) is 0 Å². The van der Waals surface area contributed by atoms with Gasteiger partial charge < -0.3 is 0 Å². The highest BCUT2D eigenvalue weighted by atomic mass is 16.1. The molecule has 13 heavy (non-hydrogen) atoms. The van der Waals surface area contributed by atoms with Crippen LogP contribution in [0, 0.1) is 6.92 Å². The van der Waals surface area contributed by atoms with Crippen molar-refractivity contribution in [3.8, 4) is 0 Å². The van der Waals surface area contributed by atoms with Gasteiger partial charge in [0, 0.05) is 0 Å². The Balaban J connectivity index is 0.000000132. The van der Waals surface area contributed by atoms with Gasteiger partial charge in [-0.3, -0.25) is 4.79 Å². The molecule has 2 rings (SSSR count). The molecule has 2 aromatic rings. The van der Waals surface area contributed by atoms with Crippen LogP contribution in [-0.2, 0) is 0 Å². The number of rotatable bonds is 0. The van der Waals surface area contributed by atoms with Crippen molar-refractivity contribution in [2.45, 2.75) is 6.92 Å². The van der Waals surface area contributed by atoms with E-state index in [0.717, 1.165) is 0 Å². The molecule has 0 aliphatic carbocycles. The van der Waals surface area contributed by atoms with Crippen LogP contribution in [0.1, 0.15) is 5.56 Å². The highest BCUT2D eigenvalue weighted by Gasteiger charge is 1.72. The molecule has 0 fully saturated rings. The monoisotopic (exact) mass is 177 g/mol. The lowest BCUT2D eigenvalue weighted by Crippen LogP contribution is -1.93. The maximum Gasteiger partial charge on any atom is 0.283 e. The highest BCUT2D eigenvalue weighted by molar-refractivity contribution is 5.11. The Morgan fingerprint density at radius 2 is 1.92 bits per heavy atom. The Morgan fingerprint density at radius 1 is 1.23 bits per heavy atom. The first kappa shape index (κ1) is 9.25. The number of benzene rings is 1. The van der Waals surface area contributed by atoms with Crippen LogP contribution >= 0.6 is 0 Å². The zero-order valence-electron chi connectivity index (χ0n) is 7.32. The van der Waals surface area contributed by atoms with Crippen LogP contribution < -0.4 is 5.56 Å². The smallest absolute Gasteiger partial charge is 0.266 e. The van der Waals surface area contributed by atoms with Crippen molar-refractivity contribution >= 4 is 0 Å². The van der Waals surface area contributed by atoms with Crippen LogP contribution in [0.4, 0.5) is 0 Å². The molecule has 0 aliphatic heterocycles. The first-order valence-corrected chi connectivity index (χ1v) is 3.89. The van der Waals surface area contributed by atoms with E-state index in [2.05, 4.69) is 34.5 Å². The van der Waals surface area contributed by atoms with Crippen LogP contribution in [0.5, 0.6) is 0 Å². The summed E-state index contributed by atoms with van der Waals surface area (Å²) in [6.45, 7) is 2.08. The third kappa shape index (κ3) is 3.91. The lowest BCUT2D eigenvalue weighted by atomic mass is 10.2. The second-order valence-electron chi connectivity index (χ2n) is 2.51. The number of hydrogen-bond acceptors (Lipinski definition) is 2. The molecule has 0 spiro atoms. The van der Waals surface area contributed by atoms with Crippen molar-refractivity contribution in [2.75, 3.05) is 0 Å². The summed E-state index contributed by atoms with van der Waals surface area (Å²) in [5, 5.41) is 7.78. The first-order valence-electron chi connectivity index (χ1n) is 3.89. The molecule has 0 aliphatic rings. The van der Waals surface area contributed by atoms with E-state index in [1.165, 1.54) is 11.8 Å². The van der Waals surface area contributed by atoms with E-state index in [4.69, 9.17) is 0 Å². The molecular weight excluding hydrogens is 166 g/mol. The molecule has 1 heterocycles. The van der Waals surface area contributed by atoms with Gasteiger partial charge in [0.05, 0.1) is 0 Å². The van der Waals surface area contributed by atoms with Gasteiger partial charge in [0.2, 0.25) is 0 Å². The Labute approximate surface area is 75.6 Å². The predicted octanol–water partition coefficient (Wildman–Crippen LogP) is 1.09. The van der Waals surface area contributed by atoms with Gasteiger partial charge in [-0.05, 0) is 6.92 Å². The second-order valence-corrected chi connectivity index (χ2v) is 2.51. The minimum atomic E-state index is -0.199. The SMILES string of the molecule is Cc1ccccc1.O=c1cn[nH][nH]1. The maximum atomic E-state index is 9.92. The van der Waals surface area contributed by atoms with Crippen molar-refractivity contribution in [1.29, 1.82) is 0 Å². The molecule has 0 bridgehead atoms. The Kier molecular flexibility index (Phi) is 3.50. The van der Waals surface area contributed by atoms with Gasteiger partial charge in [-0.2, -0.15) is 5.10 Å². The lowest BCUT2D eigenvalue weighted by molar-refractivity contribution is 0.930. The minimum absolute atomic E-state index is 0.199. The number of nitrogens with one attached hydrogen (secondary N) is 2. The van der Waals surface area contributed by atoms with E-state index in [1.807, 2.05) is 18.2 Å². The molecule has 2 N–H and O–H groups in total. The lowest BCUT2D eigenvalue weighted by Gasteiger charge is -1.82. The first-order chi connectivity index (χ1) is 6.29. The Bertz CT molecular complexity index is 360. The van der Waals surface area contributed by atoms with E-state index < -0.39 is 0 Å². The Hall–Kier alpha value is -1.84. The van der Waals surface area contributed by atoms with Crippen molar-refractivity contribution in [2.24, 2.45) is 0 Å². The fourth-order valence-corrected chi connectivity index (χ4v) is 0.745. The van der Waals surface area contributed by atoms with Crippen molar-refractivity contribution in [1.82, 2.24) is 15.4 Å². The number of hydrogen-bond donors (Lipinski definition) is 2. The molecule has 68 valence electrons. The maximum absolute atomic E-state index is 9.92. The van der Waals surface area contributed by atoms with E-state index >= 15 is 0 Å². The molecule has 0 saturated heterocycles. The zero-order chi connectivity index (χ0) is 9.52. The van der Waals surface area contributed by atoms with E-state index in [-0.39, 0.29) is 5.56 Å². The fraction of sp³-hybridized carbons (Fsp3) is 0.111. The van der Waals surface area contributed by atoms with Gasteiger partial charge in [-0.25, -0.2) is 10.3 Å². The number of aryl methyl sites for hydroxylation is 1. The fourth-order valence-electron chi connectivity index (χ4n) is 0.745. The summed E-state index contributed by atoms with van der Waals surface area (Å²) >= 11 is 0. The Morgan fingerprint density at radius 3 is 2.15 bits per heavy atom. The number of nitrogens with zero attached hydrogens (tertiary/aromatic N) is 1. The van der Waals surface area contributed by atoms with Gasteiger partial charge in [-0.15, -0.1) is 0 Å². The molecule has 1 aromatic carbocycles. The molecule has 1 aromatic heterocycles. The zero-order valence-corrected chi connectivity index (χ0v) is 7.32. The second kappa shape index (κ2) is 4.92.